The number of carbonyl (C=O) groups excluding carboxylic acids is 3. The highest BCUT2D eigenvalue weighted by molar-refractivity contribution is 7.98. The Hall–Kier alpha value is -3.06. The Morgan fingerprint density at radius 2 is 1.89 bits per heavy atom. The standard InChI is InChI=1S/C21H20N2O4S/c1-14(27-20(25)12-9-15-7-10-16(28-2)11-8-15)21(26)23-13-19(24)22-17-5-3-4-6-18(17)23/h3-12,14H,13H2,1-2H3,(H,22,24)/b12-9+/t14-/m0/s1. The molecule has 0 bridgehead atoms. The minimum Gasteiger partial charge on any atom is -0.449 e. The van der Waals surface area contributed by atoms with Crippen LogP contribution in [0.3, 0.4) is 0 Å². The molecule has 0 radical (unpaired) electrons. The second kappa shape index (κ2) is 8.75. The fourth-order valence-corrected chi connectivity index (χ4v) is 3.20. The highest BCUT2D eigenvalue weighted by Crippen LogP contribution is 2.29. The van der Waals surface area contributed by atoms with E-state index in [0.29, 0.717) is 11.4 Å². The Morgan fingerprint density at radius 1 is 1.18 bits per heavy atom. The molecule has 3 rings (SSSR count). The number of rotatable bonds is 5. The molecule has 0 saturated carbocycles. The van der Waals surface area contributed by atoms with Gasteiger partial charge in [0.15, 0.2) is 6.10 Å². The summed E-state index contributed by atoms with van der Waals surface area (Å²) < 4.78 is 5.23. The third-order valence-corrected chi connectivity index (χ3v) is 4.95. The summed E-state index contributed by atoms with van der Waals surface area (Å²) in [6, 6.07) is 14.7. The summed E-state index contributed by atoms with van der Waals surface area (Å²) >= 11 is 1.64. The summed E-state index contributed by atoms with van der Waals surface area (Å²) in [7, 11) is 0. The lowest BCUT2D eigenvalue weighted by molar-refractivity contribution is -0.149. The number of carbonyl (C=O) groups is 3. The summed E-state index contributed by atoms with van der Waals surface area (Å²) in [5.74, 6) is -1.36. The molecule has 1 N–H and O–H groups in total. The third-order valence-electron chi connectivity index (χ3n) is 4.21. The number of esters is 1. The number of benzene rings is 2. The van der Waals surface area contributed by atoms with Gasteiger partial charge in [0.2, 0.25) is 5.91 Å². The molecule has 1 aliphatic heterocycles. The van der Waals surface area contributed by atoms with Crippen molar-refractivity contribution < 1.29 is 19.1 Å². The molecule has 0 aromatic heterocycles. The number of amides is 2. The van der Waals surface area contributed by atoms with Crippen LogP contribution in [0.2, 0.25) is 0 Å². The van der Waals surface area contributed by atoms with Crippen LogP contribution >= 0.6 is 11.8 Å². The molecule has 1 atom stereocenters. The molecule has 1 aliphatic rings. The fraction of sp³-hybridized carbons (Fsp3) is 0.190. The zero-order valence-electron chi connectivity index (χ0n) is 15.5. The molecule has 0 unspecified atom stereocenters. The average Bonchev–Trinajstić information content (AvgIpc) is 2.71. The van der Waals surface area contributed by atoms with Gasteiger partial charge in [-0.1, -0.05) is 24.3 Å². The van der Waals surface area contributed by atoms with E-state index < -0.39 is 18.0 Å². The van der Waals surface area contributed by atoms with Crippen LogP contribution in [0.1, 0.15) is 12.5 Å². The lowest BCUT2D eigenvalue weighted by atomic mass is 10.1. The highest BCUT2D eigenvalue weighted by Gasteiger charge is 2.30. The van der Waals surface area contributed by atoms with E-state index >= 15 is 0 Å². The number of ether oxygens (including phenoxy) is 1. The van der Waals surface area contributed by atoms with E-state index in [1.54, 1.807) is 42.1 Å². The first kappa shape index (κ1) is 19.7. The van der Waals surface area contributed by atoms with E-state index in [-0.39, 0.29) is 12.5 Å². The Morgan fingerprint density at radius 3 is 2.61 bits per heavy atom. The summed E-state index contributed by atoms with van der Waals surface area (Å²) in [5.41, 5.74) is 1.99. The predicted molar refractivity (Wildman–Crippen MR) is 110 cm³/mol. The van der Waals surface area contributed by atoms with Crippen LogP contribution in [0.5, 0.6) is 0 Å². The highest BCUT2D eigenvalue weighted by atomic mass is 32.2. The number of hydrogen-bond acceptors (Lipinski definition) is 5. The first-order valence-corrected chi connectivity index (χ1v) is 9.93. The summed E-state index contributed by atoms with van der Waals surface area (Å²) in [4.78, 5) is 39.1. The monoisotopic (exact) mass is 396 g/mol. The molecule has 0 fully saturated rings. The van der Waals surface area contributed by atoms with Crippen molar-refractivity contribution in [3.8, 4) is 0 Å². The largest absolute Gasteiger partial charge is 0.449 e. The number of fused-ring (bicyclic) bond motifs is 1. The van der Waals surface area contributed by atoms with Gasteiger partial charge in [0.25, 0.3) is 5.91 Å². The zero-order chi connectivity index (χ0) is 20.1. The van der Waals surface area contributed by atoms with Gasteiger partial charge < -0.3 is 10.1 Å². The molecular weight excluding hydrogens is 376 g/mol. The molecule has 0 spiro atoms. The van der Waals surface area contributed by atoms with Gasteiger partial charge in [-0.2, -0.15) is 0 Å². The molecule has 1 heterocycles. The lowest BCUT2D eigenvalue weighted by Crippen LogP contribution is -2.46. The lowest BCUT2D eigenvalue weighted by Gasteiger charge is -2.30. The first-order chi connectivity index (χ1) is 13.5. The molecular formula is C21H20N2O4S. The van der Waals surface area contributed by atoms with Crippen LogP contribution in [0.4, 0.5) is 11.4 Å². The van der Waals surface area contributed by atoms with Crippen molar-refractivity contribution in [2.45, 2.75) is 17.9 Å². The second-order valence-corrected chi connectivity index (χ2v) is 7.05. The molecule has 0 saturated heterocycles. The molecule has 144 valence electrons. The summed E-state index contributed by atoms with van der Waals surface area (Å²) in [6.45, 7) is 1.38. The van der Waals surface area contributed by atoms with Crippen LogP contribution in [0, 0.1) is 0 Å². The maximum absolute atomic E-state index is 12.7. The van der Waals surface area contributed by atoms with Gasteiger partial charge in [-0.15, -0.1) is 11.8 Å². The predicted octanol–water partition coefficient (Wildman–Crippen LogP) is 3.34. The fourth-order valence-electron chi connectivity index (χ4n) is 2.79. The molecule has 2 aromatic rings. The Kier molecular flexibility index (Phi) is 6.16. The van der Waals surface area contributed by atoms with Crippen LogP contribution in [0.25, 0.3) is 6.08 Å². The quantitative estimate of drug-likeness (QED) is 0.477. The van der Waals surface area contributed by atoms with Gasteiger partial charge in [-0.3, -0.25) is 14.5 Å². The number of para-hydroxylation sites is 2. The van der Waals surface area contributed by atoms with Crippen LogP contribution < -0.4 is 10.2 Å². The maximum Gasteiger partial charge on any atom is 0.331 e. The van der Waals surface area contributed by atoms with E-state index in [2.05, 4.69) is 5.32 Å². The molecule has 0 aliphatic carbocycles. The smallest absolute Gasteiger partial charge is 0.331 e. The van der Waals surface area contributed by atoms with E-state index in [0.717, 1.165) is 10.5 Å². The van der Waals surface area contributed by atoms with Crippen molar-refractivity contribution in [3.63, 3.8) is 0 Å². The number of nitrogens with one attached hydrogen (secondary N) is 1. The molecule has 6 nitrogen and oxygen atoms in total. The molecule has 2 aromatic carbocycles. The summed E-state index contributed by atoms with van der Waals surface area (Å²) in [5, 5.41) is 2.72. The Bertz CT molecular complexity index is 924. The van der Waals surface area contributed by atoms with Gasteiger partial charge in [0.1, 0.15) is 6.54 Å². The second-order valence-electron chi connectivity index (χ2n) is 6.18. The van der Waals surface area contributed by atoms with E-state index in [1.165, 1.54) is 17.9 Å². The van der Waals surface area contributed by atoms with Gasteiger partial charge in [0, 0.05) is 11.0 Å². The van der Waals surface area contributed by atoms with E-state index in [1.807, 2.05) is 30.5 Å². The molecule has 2 amide bonds. The van der Waals surface area contributed by atoms with Crippen molar-refractivity contribution in [2.75, 3.05) is 23.0 Å². The minimum absolute atomic E-state index is 0.116. The van der Waals surface area contributed by atoms with Crippen LogP contribution in [-0.2, 0) is 19.1 Å². The number of anilines is 2. The van der Waals surface area contributed by atoms with Crippen LogP contribution in [-0.4, -0.2) is 36.7 Å². The Balaban J connectivity index is 1.64. The third kappa shape index (κ3) is 4.61. The Labute approximate surface area is 167 Å². The zero-order valence-corrected chi connectivity index (χ0v) is 16.4. The van der Waals surface area contributed by atoms with Crippen molar-refractivity contribution in [1.82, 2.24) is 0 Å². The topological polar surface area (TPSA) is 75.7 Å². The number of thioether (sulfide) groups is 1. The van der Waals surface area contributed by atoms with Crippen molar-refractivity contribution in [3.05, 3.63) is 60.2 Å². The van der Waals surface area contributed by atoms with E-state index in [9.17, 15) is 14.4 Å². The van der Waals surface area contributed by atoms with Gasteiger partial charge in [0.05, 0.1) is 11.4 Å². The van der Waals surface area contributed by atoms with Crippen molar-refractivity contribution in [2.24, 2.45) is 0 Å². The average molecular weight is 396 g/mol. The van der Waals surface area contributed by atoms with Gasteiger partial charge >= 0.3 is 5.97 Å². The minimum atomic E-state index is -1.02. The first-order valence-electron chi connectivity index (χ1n) is 8.71. The number of hydrogen-bond donors (Lipinski definition) is 1. The SMILES string of the molecule is CSc1ccc(/C=C/C(=O)O[C@@H](C)C(=O)N2CC(=O)Nc3ccccc32)cc1. The number of nitrogens with zero attached hydrogens (tertiary/aromatic N) is 1. The normalized spacial score (nSPS) is 14.4. The van der Waals surface area contributed by atoms with E-state index in [4.69, 9.17) is 4.74 Å². The van der Waals surface area contributed by atoms with Crippen LogP contribution in [0.15, 0.2) is 59.5 Å². The molecule has 28 heavy (non-hydrogen) atoms. The van der Waals surface area contributed by atoms with Crippen molar-refractivity contribution in [1.29, 1.82) is 0 Å². The van der Waals surface area contributed by atoms with Gasteiger partial charge in [-0.05, 0) is 49.1 Å². The summed E-state index contributed by atoms with van der Waals surface area (Å²) in [6.07, 6.45) is 3.89. The molecule has 7 heteroatoms. The van der Waals surface area contributed by atoms with Gasteiger partial charge in [-0.25, -0.2) is 4.79 Å². The van der Waals surface area contributed by atoms with Crippen molar-refractivity contribution >= 4 is 47.0 Å². The maximum atomic E-state index is 12.7.